The molecule has 2 aromatic rings. The van der Waals surface area contributed by atoms with Gasteiger partial charge in [-0.05, 0) is 46.1 Å². The quantitative estimate of drug-likeness (QED) is 0.941. The van der Waals surface area contributed by atoms with E-state index in [1.165, 1.54) is 5.56 Å². The molecular weight excluding hydrogens is 278 g/mol. The Balaban J connectivity index is 1.90. The van der Waals surface area contributed by atoms with E-state index in [2.05, 4.69) is 50.3 Å². The average molecular weight is 292 g/mol. The molecule has 3 nitrogen and oxygen atoms in total. The van der Waals surface area contributed by atoms with Crippen molar-refractivity contribution in [3.63, 3.8) is 0 Å². The normalized spacial score (nSPS) is 10.5. The van der Waals surface area contributed by atoms with Gasteiger partial charge in [0.15, 0.2) is 0 Å². The summed E-state index contributed by atoms with van der Waals surface area (Å²) in [4.78, 5) is 8.46. The molecule has 0 saturated carbocycles. The Morgan fingerprint density at radius 1 is 1.29 bits per heavy atom. The minimum Gasteiger partial charge on any atom is -0.307 e. The van der Waals surface area contributed by atoms with Gasteiger partial charge in [0.1, 0.15) is 0 Å². The van der Waals surface area contributed by atoms with E-state index in [-0.39, 0.29) is 0 Å². The summed E-state index contributed by atoms with van der Waals surface area (Å²) in [5.41, 5.74) is 3.47. The lowest BCUT2D eigenvalue weighted by Gasteiger charge is -2.06. The first-order valence-electron chi connectivity index (χ1n) is 5.46. The van der Waals surface area contributed by atoms with Crippen LogP contribution < -0.4 is 5.32 Å². The van der Waals surface area contributed by atoms with Gasteiger partial charge in [-0.25, -0.2) is 0 Å². The molecule has 4 heteroatoms. The molecule has 0 amide bonds. The molecule has 17 heavy (non-hydrogen) atoms. The largest absolute Gasteiger partial charge is 0.307 e. The minimum atomic E-state index is 0.777. The summed E-state index contributed by atoms with van der Waals surface area (Å²) in [6, 6.07) is 6.09. The van der Waals surface area contributed by atoms with E-state index >= 15 is 0 Å². The topological polar surface area (TPSA) is 37.8 Å². The summed E-state index contributed by atoms with van der Waals surface area (Å²) < 4.78 is 1.01. The van der Waals surface area contributed by atoms with Crippen LogP contribution in [-0.2, 0) is 13.1 Å². The number of aromatic nitrogens is 2. The van der Waals surface area contributed by atoms with Gasteiger partial charge in [0.05, 0.1) is 5.69 Å². The molecule has 88 valence electrons. The van der Waals surface area contributed by atoms with Crippen LogP contribution in [0.25, 0.3) is 0 Å². The van der Waals surface area contributed by atoms with Crippen molar-refractivity contribution in [2.75, 3.05) is 0 Å². The lowest BCUT2D eigenvalue weighted by atomic mass is 10.2. The fraction of sp³-hybridized carbons (Fsp3) is 0.231. The van der Waals surface area contributed by atoms with E-state index in [0.717, 1.165) is 28.8 Å². The summed E-state index contributed by atoms with van der Waals surface area (Å²) in [6.07, 6.45) is 5.47. The second-order valence-corrected chi connectivity index (χ2v) is 4.80. The number of aryl methyl sites for hydroxylation is 1. The number of nitrogens with one attached hydrogen (secondary N) is 1. The van der Waals surface area contributed by atoms with E-state index in [0.29, 0.717) is 0 Å². The zero-order valence-electron chi connectivity index (χ0n) is 9.65. The maximum atomic E-state index is 4.34. The molecular formula is C13H14BrN3. The number of rotatable bonds is 4. The average Bonchev–Trinajstić information content (AvgIpc) is 2.32. The van der Waals surface area contributed by atoms with Gasteiger partial charge in [-0.15, -0.1) is 0 Å². The molecule has 0 unspecified atom stereocenters. The van der Waals surface area contributed by atoms with E-state index in [1.807, 2.05) is 18.5 Å². The molecule has 0 aliphatic rings. The van der Waals surface area contributed by atoms with Crippen molar-refractivity contribution in [2.24, 2.45) is 0 Å². The monoisotopic (exact) mass is 291 g/mol. The predicted molar refractivity (Wildman–Crippen MR) is 71.5 cm³/mol. The Morgan fingerprint density at radius 2 is 2.18 bits per heavy atom. The second-order valence-electron chi connectivity index (χ2n) is 3.88. The molecule has 0 aromatic carbocycles. The Kier molecular flexibility index (Phi) is 4.23. The van der Waals surface area contributed by atoms with Crippen molar-refractivity contribution in [3.8, 4) is 0 Å². The van der Waals surface area contributed by atoms with Crippen molar-refractivity contribution < 1.29 is 0 Å². The Labute approximate surface area is 109 Å². The van der Waals surface area contributed by atoms with Crippen LogP contribution >= 0.6 is 15.9 Å². The molecule has 2 heterocycles. The molecule has 2 rings (SSSR count). The SMILES string of the molecule is Cc1cccnc1CNCc1cncc(Br)c1. The highest BCUT2D eigenvalue weighted by Gasteiger charge is 1.99. The molecule has 0 aliphatic heterocycles. The third-order valence-corrected chi connectivity index (χ3v) is 2.93. The summed E-state index contributed by atoms with van der Waals surface area (Å²) in [5.74, 6) is 0. The summed E-state index contributed by atoms with van der Waals surface area (Å²) in [7, 11) is 0. The highest BCUT2D eigenvalue weighted by molar-refractivity contribution is 9.10. The number of nitrogens with zero attached hydrogens (tertiary/aromatic N) is 2. The number of hydrogen-bond donors (Lipinski definition) is 1. The van der Waals surface area contributed by atoms with Gasteiger partial charge in [0.25, 0.3) is 0 Å². The predicted octanol–water partition coefficient (Wildman–Crippen LogP) is 2.84. The van der Waals surface area contributed by atoms with Crippen LogP contribution in [0.1, 0.15) is 16.8 Å². The first-order chi connectivity index (χ1) is 8.25. The number of hydrogen-bond acceptors (Lipinski definition) is 3. The highest BCUT2D eigenvalue weighted by atomic mass is 79.9. The minimum absolute atomic E-state index is 0.777. The van der Waals surface area contributed by atoms with E-state index < -0.39 is 0 Å². The van der Waals surface area contributed by atoms with Crippen molar-refractivity contribution in [2.45, 2.75) is 20.0 Å². The van der Waals surface area contributed by atoms with Gasteiger partial charge in [-0.1, -0.05) is 6.07 Å². The van der Waals surface area contributed by atoms with Crippen LogP contribution in [-0.4, -0.2) is 9.97 Å². The molecule has 0 atom stereocenters. The molecule has 0 radical (unpaired) electrons. The van der Waals surface area contributed by atoms with Crippen LogP contribution in [0.15, 0.2) is 41.3 Å². The molecule has 0 fully saturated rings. The maximum Gasteiger partial charge on any atom is 0.0570 e. The van der Waals surface area contributed by atoms with Crippen LogP contribution in [0.4, 0.5) is 0 Å². The third-order valence-electron chi connectivity index (χ3n) is 2.50. The molecule has 0 saturated heterocycles. The van der Waals surface area contributed by atoms with E-state index in [4.69, 9.17) is 0 Å². The van der Waals surface area contributed by atoms with Crippen LogP contribution in [0.3, 0.4) is 0 Å². The molecule has 2 aromatic heterocycles. The Bertz CT molecular complexity index is 500. The smallest absolute Gasteiger partial charge is 0.0570 e. The van der Waals surface area contributed by atoms with Crippen LogP contribution in [0.2, 0.25) is 0 Å². The Hall–Kier alpha value is -1.26. The first kappa shape index (κ1) is 12.2. The van der Waals surface area contributed by atoms with Gasteiger partial charge in [-0.2, -0.15) is 0 Å². The standard InChI is InChI=1S/C13H14BrN3/c1-10-3-2-4-17-13(10)9-16-7-11-5-12(14)8-15-6-11/h2-6,8,16H,7,9H2,1H3. The highest BCUT2D eigenvalue weighted by Crippen LogP contribution is 2.09. The van der Waals surface area contributed by atoms with Crippen molar-refractivity contribution in [1.82, 2.24) is 15.3 Å². The zero-order valence-corrected chi connectivity index (χ0v) is 11.2. The number of pyridine rings is 2. The summed E-state index contributed by atoms with van der Waals surface area (Å²) >= 11 is 3.41. The lowest BCUT2D eigenvalue weighted by Crippen LogP contribution is -2.14. The lowest BCUT2D eigenvalue weighted by molar-refractivity contribution is 0.674. The van der Waals surface area contributed by atoms with Gasteiger partial charge in [-0.3, -0.25) is 9.97 Å². The summed E-state index contributed by atoms with van der Waals surface area (Å²) in [5, 5.41) is 3.36. The van der Waals surface area contributed by atoms with Gasteiger partial charge < -0.3 is 5.32 Å². The fourth-order valence-corrected chi connectivity index (χ4v) is 1.99. The first-order valence-corrected chi connectivity index (χ1v) is 6.25. The second kappa shape index (κ2) is 5.89. The Morgan fingerprint density at radius 3 is 2.94 bits per heavy atom. The van der Waals surface area contributed by atoms with Crippen molar-refractivity contribution >= 4 is 15.9 Å². The maximum absolute atomic E-state index is 4.34. The van der Waals surface area contributed by atoms with Crippen molar-refractivity contribution in [1.29, 1.82) is 0 Å². The number of halogens is 1. The fourth-order valence-electron chi connectivity index (χ4n) is 1.58. The van der Waals surface area contributed by atoms with Gasteiger partial charge in [0, 0.05) is 36.2 Å². The molecule has 0 spiro atoms. The zero-order chi connectivity index (χ0) is 12.1. The van der Waals surface area contributed by atoms with Crippen molar-refractivity contribution in [3.05, 3.63) is 58.1 Å². The van der Waals surface area contributed by atoms with Gasteiger partial charge >= 0.3 is 0 Å². The summed E-state index contributed by atoms with van der Waals surface area (Å²) in [6.45, 7) is 3.65. The van der Waals surface area contributed by atoms with Gasteiger partial charge in [0.2, 0.25) is 0 Å². The van der Waals surface area contributed by atoms with Crippen LogP contribution in [0, 0.1) is 6.92 Å². The third kappa shape index (κ3) is 3.61. The molecule has 0 aliphatic carbocycles. The van der Waals surface area contributed by atoms with Crippen LogP contribution in [0.5, 0.6) is 0 Å². The molecule has 0 bridgehead atoms. The molecule has 1 N–H and O–H groups in total. The van der Waals surface area contributed by atoms with E-state index in [1.54, 1.807) is 6.20 Å². The van der Waals surface area contributed by atoms with E-state index in [9.17, 15) is 0 Å².